The fourth-order valence-corrected chi connectivity index (χ4v) is 5.78. The third-order valence-corrected chi connectivity index (χ3v) is 7.50. The van der Waals surface area contributed by atoms with Crippen LogP contribution >= 0.6 is 15.9 Å². The number of anilines is 1. The van der Waals surface area contributed by atoms with Crippen molar-refractivity contribution < 1.29 is 28.6 Å². The summed E-state index contributed by atoms with van der Waals surface area (Å²) >= 11 is 3.57. The van der Waals surface area contributed by atoms with Crippen LogP contribution in [0.25, 0.3) is 0 Å². The van der Waals surface area contributed by atoms with E-state index in [0.29, 0.717) is 5.69 Å². The molecule has 1 fully saturated rings. The maximum Gasteiger partial charge on any atom is 0.415 e. The number of ether oxygens (including phenoxy) is 3. The molecule has 0 saturated carbocycles. The Kier molecular flexibility index (Phi) is 7.55. The number of carbonyl (C=O) groups excluding carboxylic acids is 3. The number of methoxy groups -OCH3 is 2. The van der Waals surface area contributed by atoms with Gasteiger partial charge in [0.15, 0.2) is 0 Å². The minimum atomic E-state index is -0.736. The van der Waals surface area contributed by atoms with Gasteiger partial charge in [0.05, 0.1) is 44.5 Å². The highest BCUT2D eigenvalue weighted by Gasteiger charge is 2.54. The van der Waals surface area contributed by atoms with Gasteiger partial charge in [-0.2, -0.15) is 0 Å². The Morgan fingerprint density at radius 1 is 1.11 bits per heavy atom. The quantitative estimate of drug-likeness (QED) is 0.421. The number of likely N-dealkylation sites (tertiary alicyclic amines) is 1. The predicted molar refractivity (Wildman–Crippen MR) is 142 cm³/mol. The van der Waals surface area contributed by atoms with E-state index in [2.05, 4.69) is 15.9 Å². The maximum atomic E-state index is 13.6. The number of esters is 1. The second kappa shape index (κ2) is 10.4. The second-order valence-corrected chi connectivity index (χ2v) is 11.4. The molecule has 198 valence electrons. The van der Waals surface area contributed by atoms with Gasteiger partial charge in [-0.05, 0) is 63.6 Å². The van der Waals surface area contributed by atoms with Gasteiger partial charge in [-0.15, -0.1) is 0 Å². The number of benzene rings is 2. The molecule has 2 heterocycles. The zero-order valence-corrected chi connectivity index (χ0v) is 23.6. The Balaban J connectivity index is 1.84. The van der Waals surface area contributed by atoms with E-state index in [1.807, 2.05) is 54.3 Å². The minimum Gasteiger partial charge on any atom is -0.497 e. The molecular formula is C28H33BrN2O6. The number of rotatable bonds is 5. The van der Waals surface area contributed by atoms with E-state index in [-0.39, 0.29) is 36.8 Å². The van der Waals surface area contributed by atoms with E-state index in [1.54, 1.807) is 32.8 Å². The zero-order valence-electron chi connectivity index (χ0n) is 22.0. The molecule has 2 aromatic carbocycles. The van der Waals surface area contributed by atoms with Crippen molar-refractivity contribution in [2.75, 3.05) is 19.1 Å². The molecule has 2 aliphatic rings. The first-order chi connectivity index (χ1) is 17.4. The van der Waals surface area contributed by atoms with Crippen LogP contribution in [0.4, 0.5) is 10.5 Å². The Bertz CT molecular complexity index is 1190. The summed E-state index contributed by atoms with van der Waals surface area (Å²) in [6.45, 7) is 7.39. The molecule has 0 radical (unpaired) electrons. The van der Waals surface area contributed by atoms with E-state index < -0.39 is 23.7 Å². The van der Waals surface area contributed by atoms with Crippen LogP contribution in [0, 0.1) is 5.92 Å². The SMILES string of the molecule is COC(=O)C[C@H]1[C@@H]2CC(=O)N([C@H](C)c3ccc(OC)cc3)[C@@H]2c2cc(Br)ccc2N1C(=O)OC(C)(C)C. The summed E-state index contributed by atoms with van der Waals surface area (Å²) in [6.07, 6.45) is -0.416. The molecule has 4 rings (SSSR count). The van der Waals surface area contributed by atoms with Gasteiger partial charge in [-0.1, -0.05) is 28.1 Å². The molecule has 0 N–H and O–H groups in total. The highest BCUT2D eigenvalue weighted by molar-refractivity contribution is 9.10. The fourth-order valence-electron chi connectivity index (χ4n) is 5.40. The number of nitrogens with zero attached hydrogens (tertiary/aromatic N) is 2. The average molecular weight is 573 g/mol. The highest BCUT2D eigenvalue weighted by Crippen LogP contribution is 2.53. The van der Waals surface area contributed by atoms with Crippen molar-refractivity contribution in [2.24, 2.45) is 5.92 Å². The molecule has 2 aromatic rings. The van der Waals surface area contributed by atoms with Gasteiger partial charge in [0.25, 0.3) is 0 Å². The molecule has 0 aromatic heterocycles. The summed E-state index contributed by atoms with van der Waals surface area (Å²) < 4.78 is 16.9. The lowest BCUT2D eigenvalue weighted by Crippen LogP contribution is -2.53. The molecule has 0 unspecified atom stereocenters. The summed E-state index contributed by atoms with van der Waals surface area (Å²) in [5, 5.41) is 0. The van der Waals surface area contributed by atoms with Crippen LogP contribution in [-0.4, -0.2) is 48.7 Å². The fraction of sp³-hybridized carbons (Fsp3) is 0.464. The standard InChI is InChI=1S/C28H33BrN2O6/c1-16(17-7-10-19(35-5)11-8-17)30-24(32)14-21-23(15-25(33)36-6)31(27(34)37-28(2,3)4)22-12-9-18(29)13-20(22)26(21)30/h7-13,16,21,23,26H,14-15H2,1-6H3/t16-,21+,23+,26-/m1/s1. The zero-order chi connectivity index (χ0) is 27.1. The smallest absolute Gasteiger partial charge is 0.415 e. The monoisotopic (exact) mass is 572 g/mol. The van der Waals surface area contributed by atoms with Gasteiger partial charge >= 0.3 is 12.1 Å². The van der Waals surface area contributed by atoms with Gasteiger partial charge in [0.2, 0.25) is 5.91 Å². The first-order valence-corrected chi connectivity index (χ1v) is 13.1. The van der Waals surface area contributed by atoms with Gasteiger partial charge in [0, 0.05) is 22.4 Å². The van der Waals surface area contributed by atoms with Crippen molar-refractivity contribution in [1.82, 2.24) is 4.90 Å². The lowest BCUT2D eigenvalue weighted by molar-refractivity contribution is -0.141. The molecule has 0 bridgehead atoms. The van der Waals surface area contributed by atoms with Crippen LogP contribution in [0.3, 0.4) is 0 Å². The van der Waals surface area contributed by atoms with Crippen molar-refractivity contribution in [3.63, 3.8) is 0 Å². The highest BCUT2D eigenvalue weighted by atomic mass is 79.9. The summed E-state index contributed by atoms with van der Waals surface area (Å²) in [5.41, 5.74) is 1.68. The second-order valence-electron chi connectivity index (χ2n) is 10.5. The third-order valence-electron chi connectivity index (χ3n) is 7.01. The third kappa shape index (κ3) is 5.32. The van der Waals surface area contributed by atoms with Crippen molar-refractivity contribution >= 4 is 39.6 Å². The van der Waals surface area contributed by atoms with Crippen molar-refractivity contribution in [1.29, 1.82) is 0 Å². The van der Waals surface area contributed by atoms with E-state index in [4.69, 9.17) is 14.2 Å². The molecule has 37 heavy (non-hydrogen) atoms. The van der Waals surface area contributed by atoms with E-state index >= 15 is 0 Å². The van der Waals surface area contributed by atoms with E-state index in [1.165, 1.54) is 7.11 Å². The van der Waals surface area contributed by atoms with E-state index in [9.17, 15) is 14.4 Å². The molecule has 0 spiro atoms. The van der Waals surface area contributed by atoms with Crippen LogP contribution in [0.15, 0.2) is 46.9 Å². The van der Waals surface area contributed by atoms with Gasteiger partial charge in [-0.25, -0.2) is 4.79 Å². The minimum absolute atomic E-state index is 0.0369. The van der Waals surface area contributed by atoms with Crippen molar-refractivity contribution in [3.05, 3.63) is 58.1 Å². The summed E-state index contributed by atoms with van der Waals surface area (Å²) in [5.74, 6) is -0.0848. The first-order valence-electron chi connectivity index (χ1n) is 12.3. The van der Waals surface area contributed by atoms with Gasteiger partial charge in [-0.3, -0.25) is 14.5 Å². The lowest BCUT2D eigenvalue weighted by atomic mass is 9.80. The predicted octanol–water partition coefficient (Wildman–Crippen LogP) is 5.80. The van der Waals surface area contributed by atoms with Crippen LogP contribution in [-0.2, 0) is 19.1 Å². The Labute approximate surface area is 226 Å². The van der Waals surface area contributed by atoms with Crippen molar-refractivity contribution in [2.45, 2.75) is 64.3 Å². The molecule has 2 amide bonds. The van der Waals surface area contributed by atoms with Crippen LogP contribution in [0.2, 0.25) is 0 Å². The normalized spacial score (nSPS) is 21.7. The number of amides is 2. The molecule has 1 saturated heterocycles. The number of halogens is 1. The van der Waals surface area contributed by atoms with Crippen molar-refractivity contribution in [3.8, 4) is 5.75 Å². The number of carbonyl (C=O) groups is 3. The van der Waals surface area contributed by atoms with E-state index in [0.717, 1.165) is 21.3 Å². The average Bonchev–Trinajstić information content (AvgIpc) is 3.19. The number of hydrogen-bond acceptors (Lipinski definition) is 6. The largest absolute Gasteiger partial charge is 0.497 e. The summed E-state index contributed by atoms with van der Waals surface area (Å²) in [6, 6.07) is 12.1. The topological polar surface area (TPSA) is 85.4 Å². The number of fused-ring (bicyclic) bond motifs is 3. The Morgan fingerprint density at radius 2 is 1.78 bits per heavy atom. The molecule has 8 nitrogen and oxygen atoms in total. The maximum absolute atomic E-state index is 13.6. The van der Waals surface area contributed by atoms with Crippen LogP contribution < -0.4 is 9.64 Å². The molecule has 0 aliphatic carbocycles. The van der Waals surface area contributed by atoms with Crippen LogP contribution in [0.1, 0.15) is 63.7 Å². The summed E-state index contributed by atoms with van der Waals surface area (Å²) in [4.78, 5) is 43.1. The molecular weight excluding hydrogens is 540 g/mol. The molecule has 2 aliphatic heterocycles. The Hall–Kier alpha value is -3.07. The van der Waals surface area contributed by atoms with Gasteiger partial charge < -0.3 is 19.1 Å². The van der Waals surface area contributed by atoms with Gasteiger partial charge in [0.1, 0.15) is 11.4 Å². The number of hydrogen-bond donors (Lipinski definition) is 0. The van der Waals surface area contributed by atoms with Crippen LogP contribution in [0.5, 0.6) is 5.75 Å². The molecule has 4 atom stereocenters. The Morgan fingerprint density at radius 3 is 2.38 bits per heavy atom. The summed E-state index contributed by atoms with van der Waals surface area (Å²) in [7, 11) is 2.94. The first kappa shape index (κ1) is 27.0. The molecule has 9 heteroatoms. The lowest BCUT2D eigenvalue weighted by Gasteiger charge is -2.46.